The third-order valence-electron chi connectivity index (χ3n) is 3.42. The van der Waals surface area contributed by atoms with Crippen LogP contribution in [-0.4, -0.2) is 12.6 Å². The van der Waals surface area contributed by atoms with Gasteiger partial charge in [-0.3, -0.25) is 0 Å². The molecule has 0 heterocycles. The van der Waals surface area contributed by atoms with Crippen molar-refractivity contribution >= 4 is 5.97 Å². The fraction of sp³-hybridized carbons (Fsp3) is 0.588. The molecule has 2 nitrogen and oxygen atoms in total. The van der Waals surface area contributed by atoms with Gasteiger partial charge in [0.25, 0.3) is 0 Å². The second-order valence-electron chi connectivity index (χ2n) is 5.31. The number of hydrogen-bond acceptors (Lipinski definition) is 2. The lowest BCUT2D eigenvalue weighted by atomic mass is 9.91. The molecule has 108 valence electrons. The molecule has 0 saturated heterocycles. The van der Waals surface area contributed by atoms with Crippen LogP contribution in [0.1, 0.15) is 54.9 Å². The van der Waals surface area contributed by atoms with Crippen LogP contribution < -0.4 is 0 Å². The fourth-order valence-corrected chi connectivity index (χ4v) is 1.74. The van der Waals surface area contributed by atoms with E-state index in [1.165, 1.54) is 16.7 Å². The van der Waals surface area contributed by atoms with E-state index in [0.29, 0.717) is 12.5 Å². The van der Waals surface area contributed by atoms with Gasteiger partial charge in [-0.05, 0) is 65.0 Å². The molecule has 0 saturated carbocycles. The number of rotatable bonds is 6. The molecule has 19 heavy (non-hydrogen) atoms. The normalized spacial score (nSPS) is 14.6. The zero-order chi connectivity index (χ0) is 15.0. The van der Waals surface area contributed by atoms with Gasteiger partial charge in [-0.1, -0.05) is 24.1 Å². The maximum Gasteiger partial charge on any atom is 0.331 e. The Bertz CT molecular complexity index is 393. The molecular weight excluding hydrogens is 236 g/mol. The van der Waals surface area contributed by atoms with E-state index in [0.717, 1.165) is 12.0 Å². The summed E-state index contributed by atoms with van der Waals surface area (Å²) in [6.45, 7) is 14.9. The van der Waals surface area contributed by atoms with Crippen LogP contribution >= 0.6 is 0 Å². The summed E-state index contributed by atoms with van der Waals surface area (Å²) in [5, 5.41) is 0. The molecule has 0 aromatic rings. The van der Waals surface area contributed by atoms with Crippen molar-refractivity contribution in [3.8, 4) is 0 Å². The molecule has 1 unspecified atom stereocenters. The molecule has 2 heteroatoms. The average molecular weight is 264 g/mol. The number of carbonyl (C=O) groups is 1. The molecule has 0 bridgehead atoms. The molecule has 0 amide bonds. The predicted molar refractivity (Wildman–Crippen MR) is 82.0 cm³/mol. The van der Waals surface area contributed by atoms with Crippen molar-refractivity contribution in [1.29, 1.82) is 0 Å². The number of allylic oxidation sites excluding steroid dienone is 5. The molecule has 0 aliphatic carbocycles. The lowest BCUT2D eigenvalue weighted by molar-refractivity contribution is -0.137. The van der Waals surface area contributed by atoms with Gasteiger partial charge in [-0.15, -0.1) is 0 Å². The summed E-state index contributed by atoms with van der Waals surface area (Å²) < 4.78 is 4.93. The highest BCUT2D eigenvalue weighted by Crippen LogP contribution is 2.23. The molecule has 0 N–H and O–H groups in total. The Morgan fingerprint density at radius 1 is 1.16 bits per heavy atom. The molecule has 0 fully saturated rings. The van der Waals surface area contributed by atoms with Gasteiger partial charge in [0.1, 0.15) is 0 Å². The number of carbonyl (C=O) groups excluding carboxylic acids is 1. The van der Waals surface area contributed by atoms with Crippen LogP contribution in [0.25, 0.3) is 0 Å². The smallest absolute Gasteiger partial charge is 0.331 e. The Labute approximate surface area is 118 Å². The SMILES string of the molecule is CCOC(=O)/C=C(C)/C(C)=C(\C)C(C)CC=C(C)C. The van der Waals surface area contributed by atoms with Crippen molar-refractivity contribution in [3.63, 3.8) is 0 Å². The second-order valence-corrected chi connectivity index (χ2v) is 5.31. The van der Waals surface area contributed by atoms with E-state index < -0.39 is 0 Å². The summed E-state index contributed by atoms with van der Waals surface area (Å²) in [5.41, 5.74) is 4.84. The number of esters is 1. The predicted octanol–water partition coefficient (Wildman–Crippen LogP) is 4.82. The monoisotopic (exact) mass is 264 g/mol. The molecular formula is C17H28O2. The minimum Gasteiger partial charge on any atom is -0.463 e. The van der Waals surface area contributed by atoms with Crippen molar-refractivity contribution in [1.82, 2.24) is 0 Å². The molecule has 0 aromatic heterocycles. The Hall–Kier alpha value is -1.31. The van der Waals surface area contributed by atoms with Crippen molar-refractivity contribution < 1.29 is 9.53 Å². The average Bonchev–Trinajstić information content (AvgIpc) is 2.34. The van der Waals surface area contributed by atoms with E-state index in [1.807, 2.05) is 13.8 Å². The van der Waals surface area contributed by atoms with Gasteiger partial charge in [-0.2, -0.15) is 0 Å². The molecule has 0 aliphatic rings. The van der Waals surface area contributed by atoms with Crippen LogP contribution in [0.3, 0.4) is 0 Å². The van der Waals surface area contributed by atoms with Gasteiger partial charge >= 0.3 is 5.97 Å². The maximum atomic E-state index is 11.4. The first-order valence-corrected chi connectivity index (χ1v) is 6.95. The van der Waals surface area contributed by atoms with E-state index in [2.05, 4.69) is 40.7 Å². The number of hydrogen-bond donors (Lipinski definition) is 0. The summed E-state index contributed by atoms with van der Waals surface area (Å²) in [7, 11) is 0. The molecule has 0 radical (unpaired) electrons. The quantitative estimate of drug-likeness (QED) is 0.297. The standard InChI is InChI=1S/C17H28O2/c1-8-19-17(18)11-14(5)16(7)15(6)13(4)10-9-12(2)3/h9,11,13H,8,10H2,1-7H3/b14-11+,16-15+. The zero-order valence-corrected chi connectivity index (χ0v) is 13.5. The molecule has 0 spiro atoms. The van der Waals surface area contributed by atoms with Crippen molar-refractivity contribution in [2.75, 3.05) is 6.61 Å². The van der Waals surface area contributed by atoms with Crippen LogP contribution in [0.2, 0.25) is 0 Å². The highest BCUT2D eigenvalue weighted by atomic mass is 16.5. The van der Waals surface area contributed by atoms with Gasteiger partial charge in [0.15, 0.2) is 0 Å². The first kappa shape index (κ1) is 17.7. The third kappa shape index (κ3) is 7.00. The van der Waals surface area contributed by atoms with Crippen LogP contribution in [-0.2, 0) is 9.53 Å². The minimum atomic E-state index is -0.260. The Kier molecular flexibility index (Phi) is 8.13. The molecule has 0 aromatic carbocycles. The van der Waals surface area contributed by atoms with Crippen LogP contribution in [0, 0.1) is 5.92 Å². The van der Waals surface area contributed by atoms with Crippen LogP contribution in [0.5, 0.6) is 0 Å². The summed E-state index contributed by atoms with van der Waals surface area (Å²) in [6, 6.07) is 0. The van der Waals surface area contributed by atoms with E-state index in [4.69, 9.17) is 4.74 Å². The summed E-state index contributed by atoms with van der Waals surface area (Å²) in [5.74, 6) is 0.226. The minimum absolute atomic E-state index is 0.260. The van der Waals surface area contributed by atoms with E-state index in [9.17, 15) is 4.79 Å². The Balaban J connectivity index is 4.92. The number of ether oxygens (including phenoxy) is 1. The van der Waals surface area contributed by atoms with Crippen molar-refractivity contribution in [3.05, 3.63) is 34.4 Å². The Morgan fingerprint density at radius 3 is 2.21 bits per heavy atom. The first-order chi connectivity index (χ1) is 8.79. The lowest BCUT2D eigenvalue weighted by Crippen LogP contribution is -2.03. The summed E-state index contributed by atoms with van der Waals surface area (Å²) >= 11 is 0. The van der Waals surface area contributed by atoms with Gasteiger partial charge in [0.05, 0.1) is 6.61 Å². The molecule has 1 atom stereocenters. The summed E-state index contributed by atoms with van der Waals surface area (Å²) in [6.07, 6.45) is 4.87. The van der Waals surface area contributed by atoms with Crippen molar-refractivity contribution in [2.45, 2.75) is 54.9 Å². The first-order valence-electron chi connectivity index (χ1n) is 6.95. The zero-order valence-electron chi connectivity index (χ0n) is 13.5. The van der Waals surface area contributed by atoms with Crippen molar-refractivity contribution in [2.24, 2.45) is 5.92 Å². The van der Waals surface area contributed by atoms with E-state index in [-0.39, 0.29) is 5.97 Å². The van der Waals surface area contributed by atoms with Gasteiger partial charge in [0.2, 0.25) is 0 Å². The second kappa shape index (κ2) is 8.73. The highest BCUT2D eigenvalue weighted by Gasteiger charge is 2.08. The van der Waals surface area contributed by atoms with E-state index >= 15 is 0 Å². The van der Waals surface area contributed by atoms with Crippen LogP contribution in [0.15, 0.2) is 34.4 Å². The van der Waals surface area contributed by atoms with Crippen LogP contribution in [0.4, 0.5) is 0 Å². The lowest BCUT2D eigenvalue weighted by Gasteiger charge is -2.15. The third-order valence-corrected chi connectivity index (χ3v) is 3.42. The van der Waals surface area contributed by atoms with Gasteiger partial charge in [0, 0.05) is 6.08 Å². The topological polar surface area (TPSA) is 26.3 Å². The largest absolute Gasteiger partial charge is 0.463 e. The highest BCUT2D eigenvalue weighted by molar-refractivity contribution is 5.83. The Morgan fingerprint density at radius 2 is 1.74 bits per heavy atom. The molecule has 0 aliphatic heterocycles. The van der Waals surface area contributed by atoms with Gasteiger partial charge < -0.3 is 4.74 Å². The maximum absolute atomic E-state index is 11.4. The van der Waals surface area contributed by atoms with E-state index in [1.54, 1.807) is 6.08 Å². The summed E-state index contributed by atoms with van der Waals surface area (Å²) in [4.78, 5) is 11.4. The molecule has 0 rings (SSSR count). The van der Waals surface area contributed by atoms with Gasteiger partial charge in [-0.25, -0.2) is 4.79 Å². The fourth-order valence-electron chi connectivity index (χ4n) is 1.74.